The zero-order valence-corrected chi connectivity index (χ0v) is 12.2. The molecule has 0 amide bonds. The summed E-state index contributed by atoms with van der Waals surface area (Å²) in [6, 6.07) is 8.10. The Bertz CT molecular complexity index is 656. The molecule has 0 atom stereocenters. The maximum atomic E-state index is 13.5. The van der Waals surface area contributed by atoms with Crippen molar-refractivity contribution in [2.24, 2.45) is 0 Å². The summed E-state index contributed by atoms with van der Waals surface area (Å²) in [5, 5.41) is 0. The Morgan fingerprint density at radius 3 is 2.65 bits per heavy atom. The van der Waals surface area contributed by atoms with E-state index in [1.54, 1.807) is 18.2 Å². The van der Waals surface area contributed by atoms with E-state index in [0.717, 1.165) is 22.7 Å². The average molecular weight is 341 g/mol. The van der Waals surface area contributed by atoms with Gasteiger partial charge >= 0.3 is 0 Å². The molecule has 104 valence electrons. The fourth-order valence-electron chi connectivity index (χ4n) is 1.71. The number of hydrogen-bond acceptors (Lipinski definition) is 2. The number of carbonyl (C=O) groups excluding carboxylic acids is 1. The summed E-state index contributed by atoms with van der Waals surface area (Å²) in [6.45, 7) is 1.27. The van der Waals surface area contributed by atoms with E-state index in [4.69, 9.17) is 4.74 Å². The standard InChI is InChI=1S/C15H11BrF2O2/c1-9(19)13-7-11(16)2-5-15(13)20-8-10-6-12(17)3-4-14(10)18/h2-7H,8H2,1H3. The minimum Gasteiger partial charge on any atom is -0.488 e. The van der Waals surface area contributed by atoms with Crippen molar-refractivity contribution in [1.29, 1.82) is 0 Å². The van der Waals surface area contributed by atoms with Crippen molar-refractivity contribution in [3.63, 3.8) is 0 Å². The Kier molecular flexibility index (Phi) is 4.49. The number of rotatable bonds is 4. The van der Waals surface area contributed by atoms with Crippen molar-refractivity contribution in [1.82, 2.24) is 0 Å². The van der Waals surface area contributed by atoms with Crippen LogP contribution in [0.5, 0.6) is 5.75 Å². The number of hydrogen-bond donors (Lipinski definition) is 0. The van der Waals surface area contributed by atoms with Crippen molar-refractivity contribution in [3.05, 3.63) is 63.6 Å². The van der Waals surface area contributed by atoms with Crippen molar-refractivity contribution < 1.29 is 18.3 Å². The molecule has 2 aromatic carbocycles. The Morgan fingerprint density at radius 2 is 1.95 bits per heavy atom. The molecule has 0 saturated heterocycles. The van der Waals surface area contributed by atoms with Gasteiger partial charge in [-0.15, -0.1) is 0 Å². The zero-order chi connectivity index (χ0) is 14.7. The summed E-state index contributed by atoms with van der Waals surface area (Å²) >= 11 is 3.26. The van der Waals surface area contributed by atoms with Gasteiger partial charge in [0.25, 0.3) is 0 Å². The van der Waals surface area contributed by atoms with Gasteiger partial charge in [0.1, 0.15) is 24.0 Å². The lowest BCUT2D eigenvalue weighted by Crippen LogP contribution is -2.03. The molecule has 0 N–H and O–H groups in total. The van der Waals surface area contributed by atoms with Gasteiger partial charge in [-0.1, -0.05) is 15.9 Å². The highest BCUT2D eigenvalue weighted by Crippen LogP contribution is 2.25. The van der Waals surface area contributed by atoms with Crippen molar-refractivity contribution in [2.45, 2.75) is 13.5 Å². The Morgan fingerprint density at radius 1 is 1.20 bits per heavy atom. The van der Waals surface area contributed by atoms with Gasteiger partial charge in [0, 0.05) is 10.0 Å². The van der Waals surface area contributed by atoms with Gasteiger partial charge < -0.3 is 4.74 Å². The van der Waals surface area contributed by atoms with Crippen LogP contribution in [-0.4, -0.2) is 5.78 Å². The van der Waals surface area contributed by atoms with Gasteiger partial charge in [0.2, 0.25) is 0 Å². The first-order valence-corrected chi connectivity index (χ1v) is 6.64. The van der Waals surface area contributed by atoms with Crippen LogP contribution in [0.4, 0.5) is 8.78 Å². The second-order valence-corrected chi connectivity index (χ2v) is 5.14. The molecule has 2 nitrogen and oxygen atoms in total. The normalized spacial score (nSPS) is 10.4. The predicted octanol–water partition coefficient (Wildman–Crippen LogP) is 4.51. The molecule has 0 bridgehead atoms. The molecule has 0 unspecified atom stereocenters. The number of carbonyl (C=O) groups is 1. The van der Waals surface area contributed by atoms with E-state index >= 15 is 0 Å². The molecule has 0 aliphatic carbocycles. The van der Waals surface area contributed by atoms with Crippen LogP contribution in [0, 0.1) is 11.6 Å². The van der Waals surface area contributed by atoms with Crippen molar-refractivity contribution in [2.75, 3.05) is 0 Å². The maximum absolute atomic E-state index is 13.5. The van der Waals surface area contributed by atoms with E-state index in [2.05, 4.69) is 15.9 Å². The third-order valence-corrected chi connectivity index (χ3v) is 3.21. The summed E-state index contributed by atoms with van der Waals surface area (Å²) in [6.07, 6.45) is 0. The molecule has 2 rings (SSSR count). The largest absolute Gasteiger partial charge is 0.488 e. The van der Waals surface area contributed by atoms with Gasteiger partial charge in [0.05, 0.1) is 5.56 Å². The molecule has 0 aliphatic rings. The first-order chi connectivity index (χ1) is 9.47. The lowest BCUT2D eigenvalue weighted by molar-refractivity contribution is 0.101. The third-order valence-electron chi connectivity index (χ3n) is 2.71. The second kappa shape index (κ2) is 6.13. The SMILES string of the molecule is CC(=O)c1cc(Br)ccc1OCc1cc(F)ccc1F. The first kappa shape index (κ1) is 14.7. The van der Waals surface area contributed by atoms with Crippen LogP contribution in [0.25, 0.3) is 0 Å². The Balaban J connectivity index is 2.23. The highest BCUT2D eigenvalue weighted by atomic mass is 79.9. The summed E-state index contributed by atoms with van der Waals surface area (Å²) in [5.74, 6) is -0.911. The predicted molar refractivity (Wildman–Crippen MR) is 74.8 cm³/mol. The van der Waals surface area contributed by atoms with Gasteiger partial charge in [-0.2, -0.15) is 0 Å². The first-order valence-electron chi connectivity index (χ1n) is 5.84. The Hall–Kier alpha value is -1.75. The molecule has 0 aliphatic heterocycles. The van der Waals surface area contributed by atoms with Crippen molar-refractivity contribution >= 4 is 21.7 Å². The molecule has 20 heavy (non-hydrogen) atoms. The van der Waals surface area contributed by atoms with E-state index in [1.807, 2.05) is 0 Å². The monoisotopic (exact) mass is 340 g/mol. The highest BCUT2D eigenvalue weighted by molar-refractivity contribution is 9.10. The summed E-state index contributed by atoms with van der Waals surface area (Å²) in [7, 11) is 0. The third kappa shape index (κ3) is 3.42. The van der Waals surface area contributed by atoms with Crippen LogP contribution in [0.1, 0.15) is 22.8 Å². The topological polar surface area (TPSA) is 26.3 Å². The second-order valence-electron chi connectivity index (χ2n) is 4.22. The minimum absolute atomic E-state index is 0.0995. The van der Waals surface area contributed by atoms with E-state index in [0.29, 0.717) is 11.3 Å². The number of ether oxygens (including phenoxy) is 1. The van der Waals surface area contributed by atoms with Gasteiger partial charge in [-0.3, -0.25) is 4.79 Å². The molecule has 0 heterocycles. The molecule has 2 aromatic rings. The van der Waals surface area contributed by atoms with Gasteiger partial charge in [-0.05, 0) is 43.3 Å². The Labute approximate surface area is 123 Å². The molecule has 0 aromatic heterocycles. The van der Waals surface area contributed by atoms with Crippen LogP contribution in [0.15, 0.2) is 40.9 Å². The van der Waals surface area contributed by atoms with E-state index in [-0.39, 0.29) is 18.0 Å². The van der Waals surface area contributed by atoms with Crippen LogP contribution < -0.4 is 4.74 Å². The molecular formula is C15H11BrF2O2. The summed E-state index contributed by atoms with van der Waals surface area (Å²) < 4.78 is 32.7. The van der Waals surface area contributed by atoms with Crippen LogP contribution in [-0.2, 0) is 6.61 Å². The van der Waals surface area contributed by atoms with Gasteiger partial charge in [-0.25, -0.2) is 8.78 Å². The number of Topliss-reactive ketones (excluding diaryl/α,β-unsaturated/α-hetero) is 1. The number of benzene rings is 2. The zero-order valence-electron chi connectivity index (χ0n) is 10.6. The number of halogens is 3. The lowest BCUT2D eigenvalue weighted by atomic mass is 10.1. The molecule has 0 saturated carbocycles. The molecule has 0 spiro atoms. The van der Waals surface area contributed by atoms with E-state index < -0.39 is 11.6 Å². The number of ketones is 1. The molecular weight excluding hydrogens is 330 g/mol. The van der Waals surface area contributed by atoms with Crippen LogP contribution in [0.3, 0.4) is 0 Å². The van der Waals surface area contributed by atoms with E-state index in [9.17, 15) is 13.6 Å². The van der Waals surface area contributed by atoms with E-state index in [1.165, 1.54) is 6.92 Å². The summed E-state index contributed by atoms with van der Waals surface area (Å²) in [5.41, 5.74) is 0.485. The fraction of sp³-hybridized carbons (Fsp3) is 0.133. The van der Waals surface area contributed by atoms with Crippen LogP contribution in [0.2, 0.25) is 0 Å². The van der Waals surface area contributed by atoms with Crippen molar-refractivity contribution in [3.8, 4) is 5.75 Å². The highest BCUT2D eigenvalue weighted by Gasteiger charge is 2.11. The average Bonchev–Trinajstić information content (AvgIpc) is 2.40. The quantitative estimate of drug-likeness (QED) is 0.765. The maximum Gasteiger partial charge on any atom is 0.163 e. The van der Waals surface area contributed by atoms with Gasteiger partial charge in [0.15, 0.2) is 5.78 Å². The molecule has 0 fully saturated rings. The smallest absolute Gasteiger partial charge is 0.163 e. The fourth-order valence-corrected chi connectivity index (χ4v) is 2.07. The molecule has 5 heteroatoms. The lowest BCUT2D eigenvalue weighted by Gasteiger charge is -2.11. The minimum atomic E-state index is -0.548. The molecule has 0 radical (unpaired) electrons. The summed E-state index contributed by atoms with van der Waals surface area (Å²) in [4.78, 5) is 11.5. The van der Waals surface area contributed by atoms with Crippen LogP contribution >= 0.6 is 15.9 Å².